The van der Waals surface area contributed by atoms with Gasteiger partial charge in [-0.3, -0.25) is 9.78 Å². The number of furan rings is 1. The monoisotopic (exact) mass is 303 g/mol. The summed E-state index contributed by atoms with van der Waals surface area (Å²) in [7, 11) is 0. The molecule has 2 rings (SSSR count). The molecule has 0 bridgehead atoms. The van der Waals surface area contributed by atoms with E-state index in [4.69, 9.17) is 22.4 Å². The zero-order valence-electron chi connectivity index (χ0n) is 12.1. The van der Waals surface area contributed by atoms with Gasteiger partial charge >= 0.3 is 0 Å². The highest BCUT2D eigenvalue weighted by atomic mass is 32.1. The summed E-state index contributed by atoms with van der Waals surface area (Å²) in [5, 5.41) is 2.89. The fraction of sp³-hybridized carbons (Fsp3) is 0.267. The minimum atomic E-state index is -0.254. The Morgan fingerprint density at radius 3 is 2.62 bits per heavy atom. The van der Waals surface area contributed by atoms with Crippen LogP contribution < -0.4 is 11.1 Å². The normalized spacial score (nSPS) is 12.0. The summed E-state index contributed by atoms with van der Waals surface area (Å²) in [6.45, 7) is 5.65. The van der Waals surface area contributed by atoms with E-state index in [9.17, 15) is 4.79 Å². The molecule has 0 fully saturated rings. The number of rotatable bonds is 4. The Morgan fingerprint density at radius 2 is 2.14 bits per heavy atom. The Bertz CT molecular complexity index is 677. The van der Waals surface area contributed by atoms with Gasteiger partial charge in [-0.2, -0.15) is 0 Å². The van der Waals surface area contributed by atoms with Gasteiger partial charge in [0.1, 0.15) is 22.2 Å². The first-order valence-corrected chi connectivity index (χ1v) is 6.93. The quantitative estimate of drug-likeness (QED) is 0.848. The van der Waals surface area contributed by atoms with Crippen LogP contribution in [0, 0.1) is 13.8 Å². The second kappa shape index (κ2) is 6.05. The maximum absolute atomic E-state index is 12.2. The van der Waals surface area contributed by atoms with Crippen molar-refractivity contribution in [2.75, 3.05) is 0 Å². The smallest absolute Gasteiger partial charge is 0.270 e. The van der Waals surface area contributed by atoms with Gasteiger partial charge in [0.25, 0.3) is 5.91 Å². The van der Waals surface area contributed by atoms with Crippen molar-refractivity contribution in [2.24, 2.45) is 5.73 Å². The van der Waals surface area contributed by atoms with Crippen LogP contribution in [0.1, 0.15) is 46.1 Å². The summed E-state index contributed by atoms with van der Waals surface area (Å²) in [4.78, 5) is 16.5. The molecule has 3 N–H and O–H groups in total. The van der Waals surface area contributed by atoms with Crippen molar-refractivity contribution < 1.29 is 9.21 Å². The van der Waals surface area contributed by atoms with Gasteiger partial charge in [-0.25, -0.2) is 0 Å². The number of nitrogens with two attached hydrogens (primary N) is 1. The van der Waals surface area contributed by atoms with Crippen LogP contribution in [0.2, 0.25) is 0 Å². The van der Waals surface area contributed by atoms with Crippen molar-refractivity contribution in [1.82, 2.24) is 10.3 Å². The second-order valence-corrected chi connectivity index (χ2v) is 5.30. The van der Waals surface area contributed by atoms with Gasteiger partial charge in [0.05, 0.1) is 6.04 Å². The third-order valence-electron chi connectivity index (χ3n) is 3.17. The Labute approximate surface area is 128 Å². The molecule has 2 aromatic heterocycles. The molecule has 0 spiro atoms. The van der Waals surface area contributed by atoms with Crippen molar-refractivity contribution in [3.05, 3.63) is 52.7 Å². The number of thiocarbonyl (C=S) groups is 1. The van der Waals surface area contributed by atoms with Crippen molar-refractivity contribution in [1.29, 1.82) is 0 Å². The standard InChI is InChI=1S/C15H17N3O2S/c1-8-6-12(10(3)20-8)9(2)18-15(19)13-5-4-11(7-17-13)14(16)21/h4-7,9H,1-3H3,(H2,16,21)(H,18,19). The summed E-state index contributed by atoms with van der Waals surface area (Å²) >= 11 is 4.85. The van der Waals surface area contributed by atoms with Gasteiger partial charge < -0.3 is 15.5 Å². The van der Waals surface area contributed by atoms with E-state index in [2.05, 4.69) is 10.3 Å². The first-order valence-electron chi connectivity index (χ1n) is 6.52. The van der Waals surface area contributed by atoms with Gasteiger partial charge in [-0.15, -0.1) is 0 Å². The average Bonchev–Trinajstić information content (AvgIpc) is 2.77. The van der Waals surface area contributed by atoms with E-state index in [0.29, 0.717) is 11.3 Å². The molecular formula is C15H17N3O2S. The molecule has 2 aromatic rings. The number of nitrogens with zero attached hydrogens (tertiary/aromatic N) is 1. The first kappa shape index (κ1) is 15.2. The van der Waals surface area contributed by atoms with Gasteiger partial charge in [-0.05, 0) is 39.0 Å². The highest BCUT2D eigenvalue weighted by Gasteiger charge is 2.16. The van der Waals surface area contributed by atoms with Crippen LogP contribution in [0.25, 0.3) is 0 Å². The fourth-order valence-corrected chi connectivity index (χ4v) is 2.22. The first-order chi connectivity index (χ1) is 9.88. The molecule has 0 aliphatic rings. The second-order valence-electron chi connectivity index (χ2n) is 4.86. The third kappa shape index (κ3) is 3.46. The number of hydrogen-bond donors (Lipinski definition) is 2. The predicted octanol–water partition coefficient (Wildman–Crippen LogP) is 2.42. The van der Waals surface area contributed by atoms with Crippen molar-refractivity contribution in [3.63, 3.8) is 0 Å². The van der Waals surface area contributed by atoms with Crippen LogP contribution >= 0.6 is 12.2 Å². The molecule has 1 unspecified atom stereocenters. The number of hydrogen-bond acceptors (Lipinski definition) is 4. The Kier molecular flexibility index (Phi) is 4.37. The summed E-state index contributed by atoms with van der Waals surface area (Å²) in [5.41, 5.74) is 7.41. The molecule has 0 saturated heterocycles. The highest BCUT2D eigenvalue weighted by molar-refractivity contribution is 7.80. The van der Waals surface area contributed by atoms with Gasteiger partial charge in [0, 0.05) is 17.3 Å². The van der Waals surface area contributed by atoms with Gasteiger partial charge in [0.15, 0.2) is 0 Å². The number of carbonyl (C=O) groups is 1. The van der Waals surface area contributed by atoms with Crippen LogP contribution in [0.3, 0.4) is 0 Å². The fourth-order valence-electron chi connectivity index (χ4n) is 2.10. The third-order valence-corrected chi connectivity index (χ3v) is 3.41. The average molecular weight is 303 g/mol. The lowest BCUT2D eigenvalue weighted by molar-refractivity contribution is 0.0934. The number of pyridine rings is 1. The lowest BCUT2D eigenvalue weighted by Crippen LogP contribution is -2.27. The summed E-state index contributed by atoms with van der Waals surface area (Å²) in [5.74, 6) is 1.37. The van der Waals surface area contributed by atoms with E-state index < -0.39 is 0 Å². The number of amides is 1. The Hall–Kier alpha value is -2.21. The number of aromatic nitrogens is 1. The van der Waals surface area contributed by atoms with E-state index >= 15 is 0 Å². The summed E-state index contributed by atoms with van der Waals surface area (Å²) in [6.07, 6.45) is 1.50. The van der Waals surface area contributed by atoms with Crippen molar-refractivity contribution in [3.8, 4) is 0 Å². The minimum Gasteiger partial charge on any atom is -0.466 e. The molecule has 0 aliphatic heterocycles. The van der Waals surface area contributed by atoms with Crippen LogP contribution in [-0.2, 0) is 0 Å². The number of carbonyl (C=O) groups excluding carboxylic acids is 1. The predicted molar refractivity (Wildman–Crippen MR) is 84.2 cm³/mol. The van der Waals surface area contributed by atoms with Crippen LogP contribution in [0.5, 0.6) is 0 Å². The molecule has 0 aromatic carbocycles. The van der Waals surface area contributed by atoms with E-state index in [-0.39, 0.29) is 16.9 Å². The van der Waals surface area contributed by atoms with E-state index in [1.54, 1.807) is 12.1 Å². The lowest BCUT2D eigenvalue weighted by Gasteiger charge is -2.13. The number of nitrogens with one attached hydrogen (secondary N) is 1. The maximum atomic E-state index is 12.2. The molecule has 6 heteroatoms. The molecule has 0 saturated carbocycles. The van der Waals surface area contributed by atoms with Crippen LogP contribution in [0.15, 0.2) is 28.8 Å². The lowest BCUT2D eigenvalue weighted by atomic mass is 10.1. The van der Waals surface area contributed by atoms with E-state index in [0.717, 1.165) is 17.1 Å². The van der Waals surface area contributed by atoms with E-state index in [1.807, 2.05) is 26.8 Å². The molecule has 2 heterocycles. The number of aryl methyl sites for hydroxylation is 2. The molecule has 0 radical (unpaired) electrons. The van der Waals surface area contributed by atoms with Crippen molar-refractivity contribution >= 4 is 23.1 Å². The summed E-state index contributed by atoms with van der Waals surface area (Å²) < 4.78 is 5.47. The largest absolute Gasteiger partial charge is 0.466 e. The topological polar surface area (TPSA) is 81.2 Å². The van der Waals surface area contributed by atoms with Gasteiger partial charge in [-0.1, -0.05) is 12.2 Å². The van der Waals surface area contributed by atoms with Gasteiger partial charge in [0.2, 0.25) is 0 Å². The Balaban J connectivity index is 2.10. The van der Waals surface area contributed by atoms with Crippen LogP contribution in [-0.4, -0.2) is 15.9 Å². The molecule has 1 amide bonds. The summed E-state index contributed by atoms with van der Waals surface area (Å²) in [6, 6.07) is 5.04. The molecule has 5 nitrogen and oxygen atoms in total. The molecule has 0 aliphatic carbocycles. The maximum Gasteiger partial charge on any atom is 0.270 e. The van der Waals surface area contributed by atoms with Crippen molar-refractivity contribution in [2.45, 2.75) is 26.8 Å². The highest BCUT2D eigenvalue weighted by Crippen LogP contribution is 2.21. The van der Waals surface area contributed by atoms with E-state index in [1.165, 1.54) is 6.20 Å². The minimum absolute atomic E-state index is 0.160. The SMILES string of the molecule is Cc1cc(C(C)NC(=O)c2ccc(C(N)=S)cn2)c(C)o1. The zero-order chi connectivity index (χ0) is 15.6. The molecule has 110 valence electrons. The Morgan fingerprint density at radius 1 is 1.43 bits per heavy atom. The molecule has 21 heavy (non-hydrogen) atoms. The zero-order valence-corrected chi connectivity index (χ0v) is 13.0. The van der Waals surface area contributed by atoms with Crippen LogP contribution in [0.4, 0.5) is 0 Å². The molecule has 1 atom stereocenters. The molecular weight excluding hydrogens is 286 g/mol.